The van der Waals surface area contributed by atoms with E-state index in [1.165, 1.54) is 0 Å². The normalized spacial score (nSPS) is 27.7. The summed E-state index contributed by atoms with van der Waals surface area (Å²) < 4.78 is 5.18. The van der Waals surface area contributed by atoms with E-state index in [-0.39, 0.29) is 18.6 Å². The second kappa shape index (κ2) is 12.7. The molecule has 0 aliphatic carbocycles. The van der Waals surface area contributed by atoms with E-state index in [0.29, 0.717) is 0 Å². The van der Waals surface area contributed by atoms with Gasteiger partial charge < -0.3 is 46.0 Å². The van der Waals surface area contributed by atoms with Crippen molar-refractivity contribution in [3.05, 3.63) is 0 Å². The van der Waals surface area contributed by atoms with Crippen molar-refractivity contribution < 1.29 is 54.6 Å². The highest BCUT2D eigenvalue weighted by Crippen LogP contribution is 2.20. The highest BCUT2D eigenvalue weighted by Gasteiger charge is 2.44. The van der Waals surface area contributed by atoms with Crippen molar-refractivity contribution in [1.82, 2.24) is 16.0 Å². The number of carboxylic acid groups (broad SMARTS) is 2. The van der Waals surface area contributed by atoms with Gasteiger partial charge in [-0.2, -0.15) is 12.6 Å². The zero-order valence-corrected chi connectivity index (χ0v) is 17.1. The van der Waals surface area contributed by atoms with Crippen LogP contribution in [-0.4, -0.2) is 116 Å². The summed E-state index contributed by atoms with van der Waals surface area (Å²) in [6.45, 7) is -1.35. The Hall–Kier alpha value is -2.01. The van der Waals surface area contributed by atoms with Crippen molar-refractivity contribution in [2.45, 2.75) is 55.6 Å². The van der Waals surface area contributed by atoms with Crippen molar-refractivity contribution in [2.24, 2.45) is 0 Å². The molecule has 0 aromatic heterocycles. The molecule has 0 spiro atoms. The van der Waals surface area contributed by atoms with Gasteiger partial charge in [0.15, 0.2) is 0 Å². The fraction of sp³-hybridized carbons (Fsp3) is 0.750. The Morgan fingerprint density at radius 2 is 1.65 bits per heavy atom. The molecule has 178 valence electrons. The number of aliphatic hydroxyl groups is 4. The predicted octanol–water partition coefficient (Wildman–Crippen LogP) is -4.78. The number of amides is 2. The summed E-state index contributed by atoms with van der Waals surface area (Å²) in [4.78, 5) is 45.9. The number of hydrogen-bond acceptors (Lipinski definition) is 11. The highest BCUT2D eigenvalue weighted by molar-refractivity contribution is 7.80. The lowest BCUT2D eigenvalue weighted by Crippen LogP contribution is -2.64. The van der Waals surface area contributed by atoms with Gasteiger partial charge in [0.1, 0.15) is 49.3 Å². The van der Waals surface area contributed by atoms with Crippen LogP contribution in [0.2, 0.25) is 0 Å². The van der Waals surface area contributed by atoms with Crippen LogP contribution in [0.25, 0.3) is 0 Å². The summed E-state index contributed by atoms with van der Waals surface area (Å²) in [5, 5.41) is 63.4. The van der Waals surface area contributed by atoms with Gasteiger partial charge in [-0.3, -0.25) is 24.5 Å². The number of ether oxygens (including phenoxy) is 1. The Morgan fingerprint density at radius 1 is 1.00 bits per heavy atom. The number of carboxylic acids is 2. The van der Waals surface area contributed by atoms with Crippen LogP contribution in [0.1, 0.15) is 12.8 Å². The Labute approximate surface area is 182 Å². The molecule has 31 heavy (non-hydrogen) atoms. The van der Waals surface area contributed by atoms with Crippen LogP contribution >= 0.6 is 12.6 Å². The molecule has 1 aliphatic heterocycles. The minimum absolute atomic E-state index is 0.136. The first kappa shape index (κ1) is 27.0. The Balaban J connectivity index is 2.65. The maximum Gasteiger partial charge on any atom is 0.322 e. The molecule has 1 heterocycles. The summed E-state index contributed by atoms with van der Waals surface area (Å²) in [5.74, 6) is -4.31. The van der Waals surface area contributed by atoms with Gasteiger partial charge in [0.25, 0.3) is 0 Å². The van der Waals surface area contributed by atoms with Crippen LogP contribution in [-0.2, 0) is 23.9 Å². The fourth-order valence-corrected chi connectivity index (χ4v) is 2.99. The van der Waals surface area contributed by atoms with Gasteiger partial charge in [0.05, 0.1) is 6.61 Å². The number of aliphatic hydroxyl groups excluding tert-OH is 4. The topological polar surface area (TPSA) is 235 Å². The Bertz CT molecular complexity index is 650. The number of rotatable bonds is 12. The molecule has 2 amide bonds. The third-order valence-electron chi connectivity index (χ3n) is 4.46. The number of carbonyl (C=O) groups excluding carboxylic acids is 2. The molecule has 14 nitrogen and oxygen atoms in total. The fourth-order valence-electron chi connectivity index (χ4n) is 2.74. The molecule has 1 saturated heterocycles. The minimum atomic E-state index is -1.71. The second-order valence-electron chi connectivity index (χ2n) is 6.76. The van der Waals surface area contributed by atoms with Crippen molar-refractivity contribution >= 4 is 36.4 Å². The number of aliphatic carboxylic acids is 2. The molecule has 1 aliphatic rings. The van der Waals surface area contributed by atoms with Crippen LogP contribution in [0.15, 0.2) is 0 Å². The maximum absolute atomic E-state index is 12.1. The van der Waals surface area contributed by atoms with Crippen LogP contribution in [0.5, 0.6) is 0 Å². The van der Waals surface area contributed by atoms with Gasteiger partial charge in [0.2, 0.25) is 11.8 Å². The van der Waals surface area contributed by atoms with Gasteiger partial charge in [0, 0.05) is 12.2 Å². The van der Waals surface area contributed by atoms with Crippen molar-refractivity contribution in [2.75, 3.05) is 18.9 Å². The molecule has 1 fully saturated rings. The zero-order chi connectivity index (χ0) is 23.7. The molecule has 0 saturated carbocycles. The summed E-state index contributed by atoms with van der Waals surface area (Å²) >= 11 is 3.91. The quantitative estimate of drug-likeness (QED) is 0.121. The van der Waals surface area contributed by atoms with E-state index in [9.17, 15) is 44.7 Å². The average Bonchev–Trinajstić information content (AvgIpc) is 2.72. The molecule has 15 heteroatoms. The van der Waals surface area contributed by atoms with Gasteiger partial charge in [-0.1, -0.05) is 0 Å². The third-order valence-corrected chi connectivity index (χ3v) is 4.83. The van der Waals surface area contributed by atoms with E-state index in [0.717, 1.165) is 0 Å². The predicted molar refractivity (Wildman–Crippen MR) is 104 cm³/mol. The SMILES string of the molecule is O=C(O)CNC(=O)[C@H](CS)NC(=O)CC[C@H](NC1O[C@H](CO)[C@@H](O)[C@H](O)[C@H]1O)C(=O)O. The molecule has 9 N–H and O–H groups in total. The molecular weight excluding hydrogens is 442 g/mol. The lowest BCUT2D eigenvalue weighted by Gasteiger charge is -2.41. The van der Waals surface area contributed by atoms with Crippen LogP contribution in [0, 0.1) is 0 Å². The van der Waals surface area contributed by atoms with E-state index in [1.54, 1.807) is 0 Å². The largest absolute Gasteiger partial charge is 0.480 e. The first-order chi connectivity index (χ1) is 14.5. The number of hydrogen-bond donors (Lipinski definition) is 10. The lowest BCUT2D eigenvalue weighted by molar-refractivity contribution is -0.238. The summed E-state index contributed by atoms with van der Waals surface area (Å²) in [6, 6.07) is -2.57. The van der Waals surface area contributed by atoms with Crippen LogP contribution in [0.4, 0.5) is 0 Å². The molecule has 0 aromatic carbocycles. The zero-order valence-electron chi connectivity index (χ0n) is 16.2. The first-order valence-electron chi connectivity index (χ1n) is 9.20. The lowest BCUT2D eigenvalue weighted by atomic mass is 9.97. The third kappa shape index (κ3) is 8.21. The van der Waals surface area contributed by atoms with E-state index in [1.807, 2.05) is 0 Å². The molecule has 0 radical (unpaired) electrons. The van der Waals surface area contributed by atoms with Gasteiger partial charge in [-0.15, -0.1) is 0 Å². The number of carbonyl (C=O) groups is 4. The number of thiol groups is 1. The summed E-state index contributed by atoms with van der Waals surface area (Å²) in [6.07, 6.45) is -8.41. The summed E-state index contributed by atoms with van der Waals surface area (Å²) in [7, 11) is 0. The van der Waals surface area contributed by atoms with Gasteiger partial charge >= 0.3 is 11.9 Å². The molecular formula is C16H27N3O11S. The standard InChI is InChI=1S/C16H27N3O11S/c20-4-8-11(24)12(25)13(26)15(30-8)19-6(16(28)29)1-2-9(21)18-7(5-31)14(27)17-3-10(22)23/h6-8,11-13,15,19-20,24-26,31H,1-5H2,(H,17,27)(H,18,21)(H,22,23)(H,28,29)/t6-,7-,8+,11+,12-,13+,15?/m0/s1. The Morgan fingerprint density at radius 3 is 2.16 bits per heavy atom. The van der Waals surface area contributed by atoms with E-state index < -0.39 is 79.6 Å². The molecule has 0 bridgehead atoms. The average molecular weight is 469 g/mol. The van der Waals surface area contributed by atoms with E-state index in [2.05, 4.69) is 28.6 Å². The smallest absolute Gasteiger partial charge is 0.322 e. The van der Waals surface area contributed by atoms with Gasteiger partial charge in [-0.25, -0.2) is 0 Å². The molecule has 7 atom stereocenters. The van der Waals surface area contributed by atoms with E-state index >= 15 is 0 Å². The molecule has 0 aromatic rings. The van der Waals surface area contributed by atoms with Gasteiger partial charge in [-0.05, 0) is 6.42 Å². The van der Waals surface area contributed by atoms with Crippen molar-refractivity contribution in [1.29, 1.82) is 0 Å². The monoisotopic (exact) mass is 469 g/mol. The summed E-state index contributed by atoms with van der Waals surface area (Å²) in [5.41, 5.74) is 0. The minimum Gasteiger partial charge on any atom is -0.480 e. The maximum atomic E-state index is 12.1. The van der Waals surface area contributed by atoms with Crippen molar-refractivity contribution in [3.8, 4) is 0 Å². The second-order valence-corrected chi connectivity index (χ2v) is 7.13. The molecule has 1 unspecified atom stereocenters. The number of nitrogens with one attached hydrogen (secondary N) is 3. The first-order valence-corrected chi connectivity index (χ1v) is 9.84. The Kier molecular flexibility index (Phi) is 11.1. The highest BCUT2D eigenvalue weighted by atomic mass is 32.1. The van der Waals surface area contributed by atoms with Crippen LogP contribution in [0.3, 0.4) is 0 Å². The van der Waals surface area contributed by atoms with Crippen LogP contribution < -0.4 is 16.0 Å². The van der Waals surface area contributed by atoms with E-state index in [4.69, 9.17) is 9.84 Å². The van der Waals surface area contributed by atoms with Crippen molar-refractivity contribution in [3.63, 3.8) is 0 Å². The molecule has 1 rings (SSSR count).